The number of nitrogens with one attached hydrogen (secondary N) is 1. The average molecular weight is 411 g/mol. The van der Waals surface area contributed by atoms with Crippen molar-refractivity contribution in [3.05, 3.63) is 70.5 Å². The smallest absolute Gasteiger partial charge is 0.407 e. The number of hydrogen-bond donors (Lipinski definition) is 1. The van der Waals surface area contributed by atoms with Gasteiger partial charge in [-0.3, -0.25) is 9.36 Å². The molecule has 0 aliphatic rings. The molecule has 3 aromatic rings. The maximum atomic E-state index is 14.3. The number of aromatic nitrogens is 2. The number of rotatable bonds is 6. The second-order valence-electron chi connectivity index (χ2n) is 8.02. The molecule has 3 rings (SSSR count). The van der Waals surface area contributed by atoms with E-state index >= 15 is 0 Å². The molecule has 1 amide bonds. The van der Waals surface area contributed by atoms with E-state index in [4.69, 9.17) is 4.74 Å². The predicted molar refractivity (Wildman–Crippen MR) is 114 cm³/mol. The summed E-state index contributed by atoms with van der Waals surface area (Å²) in [6.45, 7) is 5.88. The lowest BCUT2D eigenvalue weighted by molar-refractivity contribution is 0.0527. The lowest BCUT2D eigenvalue weighted by Crippen LogP contribution is -2.33. The summed E-state index contributed by atoms with van der Waals surface area (Å²) in [6.07, 6.45) is 1.43. The summed E-state index contributed by atoms with van der Waals surface area (Å²) < 4.78 is 21.0. The van der Waals surface area contributed by atoms with Gasteiger partial charge >= 0.3 is 6.09 Å². The number of carbonyl (C=O) groups is 1. The number of aryl methyl sites for hydroxylation is 1. The van der Waals surface area contributed by atoms with Crippen LogP contribution >= 0.6 is 0 Å². The van der Waals surface area contributed by atoms with Crippen LogP contribution in [-0.2, 0) is 11.2 Å². The molecule has 1 heterocycles. The minimum Gasteiger partial charge on any atom is -0.444 e. The molecule has 0 saturated heterocycles. The molecule has 30 heavy (non-hydrogen) atoms. The first-order chi connectivity index (χ1) is 14.3. The van der Waals surface area contributed by atoms with Gasteiger partial charge in [0.15, 0.2) is 0 Å². The number of para-hydroxylation sites is 1. The van der Waals surface area contributed by atoms with Crippen LogP contribution in [0.5, 0.6) is 0 Å². The van der Waals surface area contributed by atoms with Gasteiger partial charge in [0.05, 0.1) is 11.2 Å². The predicted octanol–water partition coefficient (Wildman–Crippen LogP) is 4.37. The van der Waals surface area contributed by atoms with E-state index < -0.39 is 23.1 Å². The third-order valence-corrected chi connectivity index (χ3v) is 4.43. The summed E-state index contributed by atoms with van der Waals surface area (Å²) in [4.78, 5) is 29.4. The Kier molecular flexibility index (Phi) is 6.50. The van der Waals surface area contributed by atoms with Crippen molar-refractivity contribution in [2.45, 2.75) is 45.6 Å². The summed E-state index contributed by atoms with van der Waals surface area (Å²) in [5.41, 5.74) is 0.0161. The zero-order valence-corrected chi connectivity index (χ0v) is 17.4. The zero-order valence-electron chi connectivity index (χ0n) is 17.4. The number of halogens is 1. The van der Waals surface area contributed by atoms with Crippen LogP contribution < -0.4 is 10.9 Å². The molecule has 0 fully saturated rings. The Hall–Kier alpha value is -3.22. The largest absolute Gasteiger partial charge is 0.444 e. The molecule has 1 aromatic heterocycles. The topological polar surface area (TPSA) is 73.2 Å². The van der Waals surface area contributed by atoms with E-state index in [-0.39, 0.29) is 5.39 Å². The molecule has 0 unspecified atom stereocenters. The number of unbranched alkanes of at least 4 members (excludes halogenated alkanes) is 1. The fraction of sp³-hybridized carbons (Fsp3) is 0.348. The van der Waals surface area contributed by atoms with E-state index in [0.717, 1.165) is 0 Å². The van der Waals surface area contributed by atoms with Gasteiger partial charge in [0.1, 0.15) is 22.6 Å². The summed E-state index contributed by atoms with van der Waals surface area (Å²) in [7, 11) is 0. The van der Waals surface area contributed by atoms with Crippen LogP contribution in [0.4, 0.5) is 9.18 Å². The van der Waals surface area contributed by atoms with Crippen molar-refractivity contribution in [1.29, 1.82) is 0 Å². The third kappa shape index (κ3) is 5.23. The van der Waals surface area contributed by atoms with E-state index in [1.807, 2.05) is 39.0 Å². The van der Waals surface area contributed by atoms with Gasteiger partial charge in [-0.25, -0.2) is 14.2 Å². The van der Waals surface area contributed by atoms with Gasteiger partial charge in [0.2, 0.25) is 0 Å². The maximum Gasteiger partial charge on any atom is 0.407 e. The third-order valence-electron chi connectivity index (χ3n) is 4.43. The van der Waals surface area contributed by atoms with E-state index in [9.17, 15) is 14.0 Å². The van der Waals surface area contributed by atoms with Gasteiger partial charge in [-0.15, -0.1) is 0 Å². The minimum absolute atomic E-state index is 0.0169. The van der Waals surface area contributed by atoms with Gasteiger partial charge < -0.3 is 10.1 Å². The lowest BCUT2D eigenvalue weighted by atomic mass is 10.1. The number of nitrogens with zero attached hydrogens (tertiary/aromatic N) is 2. The fourth-order valence-electron chi connectivity index (χ4n) is 3.16. The standard InChI is InChI=1S/C23H26FN3O3/c1-23(2,3)30-22(29)25-15-8-7-14-19-26-18-13-9-12-17(24)20(18)21(28)27(19)16-10-5-4-6-11-16/h4-6,9-13H,7-8,14-15H2,1-3H3,(H,25,29). The second-order valence-corrected chi connectivity index (χ2v) is 8.02. The Balaban J connectivity index is 1.78. The number of benzene rings is 2. The highest BCUT2D eigenvalue weighted by atomic mass is 19.1. The van der Waals surface area contributed by atoms with Crippen molar-refractivity contribution in [2.75, 3.05) is 6.54 Å². The van der Waals surface area contributed by atoms with Crippen molar-refractivity contribution in [3.8, 4) is 5.69 Å². The molecule has 0 radical (unpaired) electrons. The number of amides is 1. The normalized spacial score (nSPS) is 11.5. The van der Waals surface area contributed by atoms with Gasteiger partial charge in [0.25, 0.3) is 5.56 Å². The van der Waals surface area contributed by atoms with Crippen molar-refractivity contribution < 1.29 is 13.9 Å². The quantitative estimate of drug-likeness (QED) is 0.611. The minimum atomic E-state index is -0.581. The van der Waals surface area contributed by atoms with Crippen LogP contribution in [0.25, 0.3) is 16.6 Å². The molecule has 0 aliphatic heterocycles. The monoisotopic (exact) mass is 411 g/mol. The van der Waals surface area contributed by atoms with Gasteiger partial charge in [-0.2, -0.15) is 0 Å². The molecular weight excluding hydrogens is 385 g/mol. The van der Waals surface area contributed by atoms with E-state index in [1.165, 1.54) is 10.6 Å². The molecule has 0 aliphatic carbocycles. The fourth-order valence-corrected chi connectivity index (χ4v) is 3.16. The Bertz CT molecular complexity index is 1090. The van der Waals surface area contributed by atoms with Crippen LogP contribution in [0.1, 0.15) is 39.4 Å². The molecule has 6 nitrogen and oxygen atoms in total. The molecular formula is C23H26FN3O3. The van der Waals surface area contributed by atoms with Crippen LogP contribution in [0.2, 0.25) is 0 Å². The first-order valence-corrected chi connectivity index (χ1v) is 9.99. The average Bonchev–Trinajstić information content (AvgIpc) is 2.67. The highest BCUT2D eigenvalue weighted by Crippen LogP contribution is 2.17. The van der Waals surface area contributed by atoms with E-state index in [1.54, 1.807) is 24.3 Å². The SMILES string of the molecule is CC(C)(C)OC(=O)NCCCCc1nc2cccc(F)c2c(=O)n1-c1ccccc1. The van der Waals surface area contributed by atoms with Crippen LogP contribution in [0.15, 0.2) is 53.3 Å². The number of alkyl carbamates (subject to hydrolysis) is 1. The first-order valence-electron chi connectivity index (χ1n) is 9.99. The maximum absolute atomic E-state index is 14.3. The molecule has 0 atom stereocenters. The molecule has 0 spiro atoms. The number of ether oxygens (including phenoxy) is 1. The summed E-state index contributed by atoms with van der Waals surface area (Å²) >= 11 is 0. The Labute approximate surface area is 174 Å². The number of carbonyl (C=O) groups excluding carboxylic acids is 1. The highest BCUT2D eigenvalue weighted by Gasteiger charge is 2.17. The summed E-state index contributed by atoms with van der Waals surface area (Å²) in [6, 6.07) is 13.5. The van der Waals surface area contributed by atoms with Crippen LogP contribution in [0, 0.1) is 5.82 Å². The first kappa shape index (κ1) is 21.5. The van der Waals surface area contributed by atoms with Gasteiger partial charge in [-0.1, -0.05) is 24.3 Å². The molecule has 0 saturated carbocycles. The molecule has 0 bridgehead atoms. The Morgan fingerprint density at radius 2 is 1.83 bits per heavy atom. The summed E-state index contributed by atoms with van der Waals surface area (Å²) in [5.74, 6) is -0.0237. The molecule has 2 aromatic carbocycles. The molecule has 1 N–H and O–H groups in total. The molecule has 7 heteroatoms. The highest BCUT2D eigenvalue weighted by molar-refractivity contribution is 5.78. The van der Waals surface area contributed by atoms with Crippen molar-refractivity contribution in [3.63, 3.8) is 0 Å². The number of hydrogen-bond acceptors (Lipinski definition) is 4. The Morgan fingerprint density at radius 1 is 1.10 bits per heavy atom. The Morgan fingerprint density at radius 3 is 2.53 bits per heavy atom. The zero-order chi connectivity index (χ0) is 21.7. The van der Waals surface area contributed by atoms with Crippen molar-refractivity contribution in [2.24, 2.45) is 0 Å². The molecule has 158 valence electrons. The van der Waals surface area contributed by atoms with Crippen LogP contribution in [-0.4, -0.2) is 27.8 Å². The van der Waals surface area contributed by atoms with E-state index in [0.29, 0.717) is 42.8 Å². The van der Waals surface area contributed by atoms with Gasteiger partial charge in [0, 0.05) is 13.0 Å². The van der Waals surface area contributed by atoms with Gasteiger partial charge in [-0.05, 0) is 57.9 Å². The van der Waals surface area contributed by atoms with Crippen molar-refractivity contribution >= 4 is 17.0 Å². The van der Waals surface area contributed by atoms with Crippen LogP contribution in [0.3, 0.4) is 0 Å². The van der Waals surface area contributed by atoms with E-state index in [2.05, 4.69) is 10.3 Å². The van der Waals surface area contributed by atoms with Crippen molar-refractivity contribution in [1.82, 2.24) is 14.9 Å². The lowest BCUT2D eigenvalue weighted by Gasteiger charge is -2.19. The second kappa shape index (κ2) is 9.07. The summed E-state index contributed by atoms with van der Waals surface area (Å²) in [5, 5.41) is 2.70. The number of fused-ring (bicyclic) bond motifs is 1.